The molecule has 1 aliphatic heterocycles. The fourth-order valence-electron chi connectivity index (χ4n) is 4.32. The molecule has 0 saturated carbocycles. The number of hydrogen-bond acceptors (Lipinski definition) is 4. The van der Waals surface area contributed by atoms with Gasteiger partial charge in [-0.1, -0.05) is 35.7 Å². The minimum atomic E-state index is -0.284. The van der Waals surface area contributed by atoms with Crippen LogP contribution in [0.5, 0.6) is 0 Å². The molecule has 0 bridgehead atoms. The summed E-state index contributed by atoms with van der Waals surface area (Å²) in [6.45, 7) is 1.52. The topological polar surface area (TPSA) is 67.6 Å². The lowest BCUT2D eigenvalue weighted by Crippen LogP contribution is -2.25. The monoisotopic (exact) mass is 482 g/mol. The summed E-state index contributed by atoms with van der Waals surface area (Å²) < 4.78 is 1.77. The van der Waals surface area contributed by atoms with Crippen LogP contribution < -0.4 is 0 Å². The van der Waals surface area contributed by atoms with Crippen LogP contribution in [0.3, 0.4) is 0 Å². The number of fused-ring (bicyclic) bond motifs is 1. The van der Waals surface area contributed by atoms with Crippen LogP contribution in [0.2, 0.25) is 5.02 Å². The molecule has 1 saturated heterocycles. The third-order valence-electron chi connectivity index (χ3n) is 6.06. The zero-order chi connectivity index (χ0) is 24.2. The number of carbonyl (C=O) groups excluding carboxylic acids is 2. The first-order chi connectivity index (χ1) is 17.1. The van der Waals surface area contributed by atoms with Gasteiger partial charge in [0, 0.05) is 60.0 Å². The number of aromatic nitrogens is 3. The van der Waals surface area contributed by atoms with Crippen molar-refractivity contribution in [2.45, 2.75) is 25.7 Å². The largest absolute Gasteiger partial charge is 0.343 e. The zero-order valence-corrected chi connectivity index (χ0v) is 19.8. The third kappa shape index (κ3) is 4.96. The summed E-state index contributed by atoms with van der Waals surface area (Å²) in [6.07, 6.45) is 8.09. The molecular weight excluding hydrogens is 460 g/mol. The summed E-state index contributed by atoms with van der Waals surface area (Å²) in [6, 6.07) is 15.3. The van der Waals surface area contributed by atoms with Gasteiger partial charge in [0.25, 0.3) is 5.78 Å². The Bertz CT molecular complexity index is 1480. The fraction of sp³-hybridized carbons (Fsp3) is 0.214. The van der Waals surface area contributed by atoms with E-state index in [0.29, 0.717) is 35.8 Å². The highest BCUT2D eigenvalue weighted by molar-refractivity contribution is 6.30. The molecule has 0 spiro atoms. The molecule has 0 aliphatic carbocycles. The van der Waals surface area contributed by atoms with Crippen LogP contribution >= 0.6 is 11.6 Å². The summed E-state index contributed by atoms with van der Waals surface area (Å²) in [5.41, 5.74) is 4.62. The number of benzene rings is 1. The SMILES string of the molecule is O=C(C#CCCCN1CCCC1=O)c1cnc2ccc(-c3cccnc3-c3cccc(Cl)c3)cn12. The van der Waals surface area contributed by atoms with E-state index in [1.807, 2.05) is 59.6 Å². The van der Waals surface area contributed by atoms with Gasteiger partial charge in [0.1, 0.15) is 11.3 Å². The maximum atomic E-state index is 12.8. The van der Waals surface area contributed by atoms with E-state index >= 15 is 0 Å². The Labute approximate surface area is 208 Å². The number of ketones is 1. The Kier molecular flexibility index (Phi) is 6.60. The molecule has 3 aromatic heterocycles. The van der Waals surface area contributed by atoms with Gasteiger partial charge in [0.15, 0.2) is 0 Å². The second-order valence-corrected chi connectivity index (χ2v) is 8.85. The Morgan fingerprint density at radius 3 is 2.83 bits per heavy atom. The average molecular weight is 483 g/mol. The zero-order valence-electron chi connectivity index (χ0n) is 19.1. The summed E-state index contributed by atoms with van der Waals surface area (Å²) in [5, 5.41) is 0.641. The molecule has 0 N–H and O–H groups in total. The van der Waals surface area contributed by atoms with Crippen molar-refractivity contribution >= 4 is 28.9 Å². The van der Waals surface area contributed by atoms with E-state index in [1.165, 1.54) is 0 Å². The fourth-order valence-corrected chi connectivity index (χ4v) is 4.51. The third-order valence-corrected chi connectivity index (χ3v) is 6.29. The predicted molar refractivity (Wildman–Crippen MR) is 136 cm³/mol. The predicted octanol–water partition coefficient (Wildman–Crippen LogP) is 5.31. The molecule has 1 fully saturated rings. The summed E-state index contributed by atoms with van der Waals surface area (Å²) in [5.74, 6) is 5.62. The van der Waals surface area contributed by atoms with Crippen LogP contribution in [0.15, 0.2) is 67.1 Å². The number of unbranched alkanes of at least 4 members (excludes halogenated alkanes) is 1. The molecule has 5 rings (SSSR count). The van der Waals surface area contributed by atoms with E-state index in [-0.39, 0.29) is 11.7 Å². The number of nitrogens with zero attached hydrogens (tertiary/aromatic N) is 4. The maximum absolute atomic E-state index is 12.8. The molecule has 1 aromatic carbocycles. The van der Waals surface area contributed by atoms with E-state index in [2.05, 4.69) is 21.8 Å². The number of imidazole rings is 1. The first-order valence-electron chi connectivity index (χ1n) is 11.6. The molecule has 6 nitrogen and oxygen atoms in total. The highest BCUT2D eigenvalue weighted by Gasteiger charge is 2.19. The molecule has 4 aromatic rings. The van der Waals surface area contributed by atoms with Crippen molar-refractivity contribution in [1.82, 2.24) is 19.3 Å². The standard InChI is InChI=1S/C28H23ClN4O2/c29-22-8-4-7-20(17-22)28-23(9-5-14-30-28)21-12-13-26-31-18-24(33(26)19-21)25(34)10-2-1-3-15-32-16-6-11-27(32)35/h4-5,7-9,12-14,17-19H,1,3,6,11,15-16H2. The second-order valence-electron chi connectivity index (χ2n) is 8.42. The molecular formula is C28H23ClN4O2. The molecule has 174 valence electrons. The van der Waals surface area contributed by atoms with Gasteiger partial charge in [-0.05, 0) is 49.1 Å². The summed E-state index contributed by atoms with van der Waals surface area (Å²) in [4.78, 5) is 35.3. The normalized spacial score (nSPS) is 13.2. The number of halogens is 1. The maximum Gasteiger partial charge on any atom is 0.254 e. The highest BCUT2D eigenvalue weighted by atomic mass is 35.5. The van der Waals surface area contributed by atoms with Gasteiger partial charge in [-0.15, -0.1) is 0 Å². The minimum absolute atomic E-state index is 0.211. The van der Waals surface area contributed by atoms with Crippen molar-refractivity contribution in [2.75, 3.05) is 13.1 Å². The van der Waals surface area contributed by atoms with E-state index < -0.39 is 0 Å². The van der Waals surface area contributed by atoms with Gasteiger partial charge < -0.3 is 4.90 Å². The van der Waals surface area contributed by atoms with Crippen molar-refractivity contribution in [1.29, 1.82) is 0 Å². The second kappa shape index (κ2) is 10.1. The average Bonchev–Trinajstić information content (AvgIpc) is 3.49. The molecule has 0 radical (unpaired) electrons. The lowest BCUT2D eigenvalue weighted by Gasteiger charge is -2.13. The number of Topliss-reactive ketones (excluding diaryl/α,β-unsaturated/α-hetero) is 1. The molecule has 1 amide bonds. The van der Waals surface area contributed by atoms with Crippen LogP contribution in [0.1, 0.15) is 36.2 Å². The van der Waals surface area contributed by atoms with Crippen LogP contribution in [-0.4, -0.2) is 44.0 Å². The minimum Gasteiger partial charge on any atom is -0.343 e. The van der Waals surface area contributed by atoms with Crippen molar-refractivity contribution < 1.29 is 9.59 Å². The van der Waals surface area contributed by atoms with Gasteiger partial charge in [-0.3, -0.25) is 19.0 Å². The quantitative estimate of drug-likeness (QED) is 0.162. The number of hydrogen-bond donors (Lipinski definition) is 0. The smallest absolute Gasteiger partial charge is 0.254 e. The van der Waals surface area contributed by atoms with Crippen LogP contribution in [0, 0.1) is 11.8 Å². The Hall–Kier alpha value is -3.95. The van der Waals surface area contributed by atoms with Gasteiger partial charge in [0.05, 0.1) is 11.9 Å². The van der Waals surface area contributed by atoms with Crippen LogP contribution in [0.4, 0.5) is 0 Å². The Balaban J connectivity index is 1.38. The Morgan fingerprint density at radius 2 is 2.00 bits per heavy atom. The van der Waals surface area contributed by atoms with Gasteiger partial charge in [0.2, 0.25) is 5.91 Å². The molecule has 4 heterocycles. The van der Waals surface area contributed by atoms with Crippen LogP contribution in [0.25, 0.3) is 28.0 Å². The van der Waals surface area contributed by atoms with Crippen molar-refractivity contribution in [3.63, 3.8) is 0 Å². The number of rotatable bonds is 6. The molecule has 0 atom stereocenters. The van der Waals surface area contributed by atoms with Crippen LogP contribution in [-0.2, 0) is 4.79 Å². The number of carbonyl (C=O) groups is 2. The van der Waals surface area contributed by atoms with E-state index in [0.717, 1.165) is 41.8 Å². The first-order valence-corrected chi connectivity index (χ1v) is 12.0. The van der Waals surface area contributed by atoms with Crippen molar-refractivity contribution in [2.24, 2.45) is 0 Å². The number of pyridine rings is 2. The van der Waals surface area contributed by atoms with E-state index in [1.54, 1.807) is 16.8 Å². The van der Waals surface area contributed by atoms with Gasteiger partial charge >= 0.3 is 0 Å². The van der Waals surface area contributed by atoms with Crippen molar-refractivity contribution in [3.05, 3.63) is 77.8 Å². The van der Waals surface area contributed by atoms with E-state index in [4.69, 9.17) is 11.6 Å². The van der Waals surface area contributed by atoms with Crippen molar-refractivity contribution in [3.8, 4) is 34.2 Å². The highest BCUT2D eigenvalue weighted by Crippen LogP contribution is 2.31. The number of likely N-dealkylation sites (tertiary alicyclic amines) is 1. The lowest BCUT2D eigenvalue weighted by atomic mass is 10.0. The molecule has 35 heavy (non-hydrogen) atoms. The molecule has 7 heteroatoms. The van der Waals surface area contributed by atoms with E-state index in [9.17, 15) is 9.59 Å². The summed E-state index contributed by atoms with van der Waals surface area (Å²) >= 11 is 6.21. The summed E-state index contributed by atoms with van der Waals surface area (Å²) in [7, 11) is 0. The Morgan fingerprint density at radius 1 is 1.09 bits per heavy atom. The van der Waals surface area contributed by atoms with Gasteiger partial charge in [-0.2, -0.15) is 0 Å². The molecule has 0 unspecified atom stereocenters. The lowest BCUT2D eigenvalue weighted by molar-refractivity contribution is -0.127. The number of amides is 1. The first kappa shape index (κ1) is 22.8. The van der Waals surface area contributed by atoms with Gasteiger partial charge in [-0.25, -0.2) is 4.98 Å². The molecule has 1 aliphatic rings.